The van der Waals surface area contributed by atoms with Crippen molar-refractivity contribution < 1.29 is 18.0 Å². The summed E-state index contributed by atoms with van der Waals surface area (Å²) in [5, 5.41) is 0.526. The van der Waals surface area contributed by atoms with Gasteiger partial charge < -0.3 is 10.6 Å². The maximum absolute atomic E-state index is 12.8. The number of carbonyl (C=O) groups excluding carboxylic acids is 1. The first kappa shape index (κ1) is 15.8. The smallest absolute Gasteiger partial charge is 0.318 e. The zero-order valence-electron chi connectivity index (χ0n) is 11.7. The molecule has 23 heavy (non-hydrogen) atoms. The lowest BCUT2D eigenvalue weighted by atomic mass is 9.88. The van der Waals surface area contributed by atoms with Gasteiger partial charge in [-0.15, -0.1) is 0 Å². The largest absolute Gasteiger partial charge is 0.416 e. The van der Waals surface area contributed by atoms with Crippen LogP contribution >= 0.6 is 11.6 Å². The van der Waals surface area contributed by atoms with Gasteiger partial charge in [0, 0.05) is 10.7 Å². The summed E-state index contributed by atoms with van der Waals surface area (Å²) in [7, 11) is 0. The SMILES string of the molecule is N[C@@H]1C(=O)N(c2cccc(C(F)(F)F)c2)[C@@H]1c1ccc(Cl)cc1. The first-order chi connectivity index (χ1) is 10.8. The second kappa shape index (κ2) is 5.54. The molecule has 3 nitrogen and oxygen atoms in total. The third kappa shape index (κ3) is 2.80. The highest BCUT2D eigenvalue weighted by atomic mass is 35.5. The first-order valence-corrected chi connectivity index (χ1v) is 7.18. The van der Waals surface area contributed by atoms with Crippen molar-refractivity contribution in [2.24, 2.45) is 5.73 Å². The lowest BCUT2D eigenvalue weighted by Crippen LogP contribution is -2.63. The minimum Gasteiger partial charge on any atom is -0.318 e. The number of benzene rings is 2. The van der Waals surface area contributed by atoms with Crippen LogP contribution in [0.5, 0.6) is 0 Å². The van der Waals surface area contributed by atoms with Crippen molar-refractivity contribution in [2.45, 2.75) is 18.3 Å². The molecule has 1 fully saturated rings. The lowest BCUT2D eigenvalue weighted by Gasteiger charge is -2.45. The average Bonchev–Trinajstić information content (AvgIpc) is 2.52. The summed E-state index contributed by atoms with van der Waals surface area (Å²) < 4.78 is 38.5. The molecule has 7 heteroatoms. The van der Waals surface area contributed by atoms with Gasteiger partial charge in [0.25, 0.3) is 0 Å². The number of nitrogens with zero attached hydrogens (tertiary/aromatic N) is 1. The molecule has 120 valence electrons. The quantitative estimate of drug-likeness (QED) is 0.846. The maximum Gasteiger partial charge on any atom is 0.416 e. The second-order valence-corrected chi connectivity index (χ2v) is 5.71. The van der Waals surface area contributed by atoms with Crippen LogP contribution in [0.3, 0.4) is 0 Å². The van der Waals surface area contributed by atoms with Gasteiger partial charge in [-0.3, -0.25) is 4.79 Å². The summed E-state index contributed by atoms with van der Waals surface area (Å²) >= 11 is 5.83. The highest BCUT2D eigenvalue weighted by Gasteiger charge is 2.47. The molecule has 1 heterocycles. The standard InChI is InChI=1S/C16H12ClF3N2O/c17-11-6-4-9(5-7-11)14-13(21)15(23)22(14)12-3-1-2-10(8-12)16(18,19)20/h1-8,13-14H,21H2/t13-,14+/m0/s1. The Morgan fingerprint density at radius 3 is 2.35 bits per heavy atom. The molecule has 2 atom stereocenters. The summed E-state index contributed by atoms with van der Waals surface area (Å²) in [5.41, 5.74) is 5.93. The van der Waals surface area contributed by atoms with Crippen molar-refractivity contribution in [3.8, 4) is 0 Å². The number of hydrogen-bond donors (Lipinski definition) is 1. The first-order valence-electron chi connectivity index (χ1n) is 6.80. The van der Waals surface area contributed by atoms with Gasteiger partial charge >= 0.3 is 6.18 Å². The van der Waals surface area contributed by atoms with E-state index in [1.54, 1.807) is 24.3 Å². The van der Waals surface area contributed by atoms with Gasteiger partial charge in [-0.2, -0.15) is 13.2 Å². The Hall–Kier alpha value is -2.05. The Balaban J connectivity index is 1.98. The fraction of sp³-hybridized carbons (Fsp3) is 0.188. The molecular weight excluding hydrogens is 329 g/mol. The molecule has 0 unspecified atom stereocenters. The molecule has 3 rings (SSSR count). The van der Waals surface area contributed by atoms with Crippen molar-refractivity contribution >= 4 is 23.2 Å². The molecule has 1 aliphatic heterocycles. The molecule has 0 saturated carbocycles. The van der Waals surface area contributed by atoms with Crippen LogP contribution in [-0.2, 0) is 11.0 Å². The van der Waals surface area contributed by atoms with Crippen LogP contribution in [0.4, 0.5) is 18.9 Å². The minimum absolute atomic E-state index is 0.173. The molecule has 0 aliphatic carbocycles. The molecule has 1 saturated heterocycles. The lowest BCUT2D eigenvalue weighted by molar-refractivity contribution is -0.137. The summed E-state index contributed by atoms with van der Waals surface area (Å²) in [6.07, 6.45) is -4.47. The van der Waals surface area contributed by atoms with Gasteiger partial charge in [-0.25, -0.2) is 0 Å². The summed E-state index contributed by atoms with van der Waals surface area (Å²) in [4.78, 5) is 13.3. The average molecular weight is 341 g/mol. The molecule has 1 aliphatic rings. The van der Waals surface area contributed by atoms with Gasteiger partial charge in [0.1, 0.15) is 6.04 Å². The van der Waals surface area contributed by atoms with Crippen molar-refractivity contribution in [3.63, 3.8) is 0 Å². The third-order valence-electron chi connectivity index (χ3n) is 3.80. The van der Waals surface area contributed by atoms with Crippen LogP contribution in [0.2, 0.25) is 5.02 Å². The van der Waals surface area contributed by atoms with Gasteiger partial charge in [-0.1, -0.05) is 29.8 Å². The molecule has 0 bridgehead atoms. The fourth-order valence-electron chi connectivity index (χ4n) is 2.65. The molecule has 2 aromatic carbocycles. The normalized spacial score (nSPS) is 21.3. The molecule has 0 aromatic heterocycles. The van der Waals surface area contributed by atoms with Gasteiger partial charge in [0.05, 0.1) is 11.6 Å². The Labute approximate surface area is 135 Å². The van der Waals surface area contributed by atoms with E-state index in [-0.39, 0.29) is 5.69 Å². The topological polar surface area (TPSA) is 46.3 Å². The number of halogens is 4. The summed E-state index contributed by atoms with van der Waals surface area (Å²) in [6.45, 7) is 0. The molecule has 2 N–H and O–H groups in total. The van der Waals surface area contributed by atoms with E-state index < -0.39 is 29.7 Å². The Morgan fingerprint density at radius 2 is 1.74 bits per heavy atom. The van der Waals surface area contributed by atoms with E-state index in [1.165, 1.54) is 17.0 Å². The summed E-state index contributed by atoms with van der Waals surface area (Å²) in [5.74, 6) is -0.413. The van der Waals surface area contributed by atoms with Crippen LogP contribution in [0.25, 0.3) is 0 Å². The Kier molecular flexibility index (Phi) is 3.82. The van der Waals surface area contributed by atoms with E-state index in [2.05, 4.69) is 0 Å². The van der Waals surface area contributed by atoms with E-state index in [1.807, 2.05) is 0 Å². The van der Waals surface area contributed by atoms with Gasteiger partial charge in [-0.05, 0) is 35.9 Å². The molecular formula is C16H12ClF3N2O. The molecule has 1 amide bonds. The van der Waals surface area contributed by atoms with Gasteiger partial charge in [0.2, 0.25) is 5.91 Å². The van der Waals surface area contributed by atoms with Crippen molar-refractivity contribution in [2.75, 3.05) is 4.90 Å². The number of alkyl halides is 3. The fourth-order valence-corrected chi connectivity index (χ4v) is 2.77. The number of rotatable bonds is 2. The van der Waals surface area contributed by atoms with E-state index in [0.29, 0.717) is 5.02 Å². The zero-order chi connectivity index (χ0) is 16.8. The highest BCUT2D eigenvalue weighted by Crippen LogP contribution is 2.40. The van der Waals surface area contributed by atoms with E-state index in [0.717, 1.165) is 17.7 Å². The number of β-lactam (4-membered cyclic amide) rings is 1. The van der Waals surface area contributed by atoms with Crippen LogP contribution in [-0.4, -0.2) is 11.9 Å². The molecule has 0 spiro atoms. The van der Waals surface area contributed by atoms with E-state index >= 15 is 0 Å². The van der Waals surface area contributed by atoms with Crippen LogP contribution in [0, 0.1) is 0 Å². The van der Waals surface area contributed by atoms with Crippen LogP contribution in [0.15, 0.2) is 48.5 Å². The number of anilines is 1. The van der Waals surface area contributed by atoms with Crippen molar-refractivity contribution in [3.05, 3.63) is 64.7 Å². The predicted octanol–water partition coefficient (Wildman–Crippen LogP) is 3.77. The third-order valence-corrected chi connectivity index (χ3v) is 4.06. The Bertz CT molecular complexity index is 746. The minimum atomic E-state index is -4.47. The molecule has 0 radical (unpaired) electrons. The number of hydrogen-bond acceptors (Lipinski definition) is 2. The zero-order valence-corrected chi connectivity index (χ0v) is 12.5. The maximum atomic E-state index is 12.8. The summed E-state index contributed by atoms with van der Waals surface area (Å²) in [6, 6.07) is 10.1. The Morgan fingerprint density at radius 1 is 1.09 bits per heavy atom. The van der Waals surface area contributed by atoms with Gasteiger partial charge in [0.15, 0.2) is 0 Å². The van der Waals surface area contributed by atoms with Crippen molar-refractivity contribution in [1.29, 1.82) is 0 Å². The number of amides is 1. The highest BCUT2D eigenvalue weighted by molar-refractivity contribution is 6.30. The monoisotopic (exact) mass is 340 g/mol. The van der Waals surface area contributed by atoms with E-state index in [9.17, 15) is 18.0 Å². The second-order valence-electron chi connectivity index (χ2n) is 5.28. The number of nitrogens with two attached hydrogens (primary N) is 1. The van der Waals surface area contributed by atoms with Crippen LogP contribution < -0.4 is 10.6 Å². The van der Waals surface area contributed by atoms with Crippen LogP contribution in [0.1, 0.15) is 17.2 Å². The van der Waals surface area contributed by atoms with Crippen molar-refractivity contribution in [1.82, 2.24) is 0 Å². The van der Waals surface area contributed by atoms with E-state index in [4.69, 9.17) is 17.3 Å². The molecule has 2 aromatic rings. The predicted molar refractivity (Wildman–Crippen MR) is 81.1 cm³/mol. The number of carbonyl (C=O) groups is 1.